The fourth-order valence-electron chi connectivity index (χ4n) is 2.29. The third-order valence-electron chi connectivity index (χ3n) is 3.89. The van der Waals surface area contributed by atoms with E-state index in [0.29, 0.717) is 13.2 Å². The SMILES string of the molecule is CCn1cccc(NC(=O)NC2(C)CCOC2C)c1=O. The molecule has 1 aliphatic rings. The maximum Gasteiger partial charge on any atom is 0.319 e. The van der Waals surface area contributed by atoms with Crippen molar-refractivity contribution in [2.75, 3.05) is 11.9 Å². The van der Waals surface area contributed by atoms with Crippen LogP contribution in [0.2, 0.25) is 0 Å². The Morgan fingerprint density at radius 1 is 1.60 bits per heavy atom. The summed E-state index contributed by atoms with van der Waals surface area (Å²) >= 11 is 0. The van der Waals surface area contributed by atoms with Crippen molar-refractivity contribution in [1.29, 1.82) is 0 Å². The van der Waals surface area contributed by atoms with E-state index in [9.17, 15) is 9.59 Å². The number of carbonyl (C=O) groups is 1. The quantitative estimate of drug-likeness (QED) is 0.882. The van der Waals surface area contributed by atoms with Gasteiger partial charge in [0.2, 0.25) is 0 Å². The first-order valence-corrected chi connectivity index (χ1v) is 6.86. The number of hydrogen-bond acceptors (Lipinski definition) is 3. The van der Waals surface area contributed by atoms with Crippen LogP contribution in [0.1, 0.15) is 27.2 Å². The number of hydrogen-bond donors (Lipinski definition) is 2. The molecule has 20 heavy (non-hydrogen) atoms. The van der Waals surface area contributed by atoms with Gasteiger partial charge in [0.15, 0.2) is 0 Å². The van der Waals surface area contributed by atoms with E-state index in [-0.39, 0.29) is 23.4 Å². The van der Waals surface area contributed by atoms with Gasteiger partial charge in [-0.25, -0.2) is 4.79 Å². The minimum Gasteiger partial charge on any atom is -0.376 e. The Labute approximate surface area is 118 Å². The van der Waals surface area contributed by atoms with Gasteiger partial charge in [-0.2, -0.15) is 0 Å². The maximum atomic E-state index is 12.0. The Kier molecular flexibility index (Phi) is 4.13. The van der Waals surface area contributed by atoms with Crippen LogP contribution in [0.3, 0.4) is 0 Å². The lowest BCUT2D eigenvalue weighted by atomic mass is 9.95. The predicted molar refractivity (Wildman–Crippen MR) is 77.0 cm³/mol. The molecule has 1 saturated heterocycles. The number of nitrogens with zero attached hydrogens (tertiary/aromatic N) is 1. The van der Waals surface area contributed by atoms with E-state index in [0.717, 1.165) is 6.42 Å². The third kappa shape index (κ3) is 2.85. The number of nitrogens with one attached hydrogen (secondary N) is 2. The van der Waals surface area contributed by atoms with E-state index < -0.39 is 5.54 Å². The number of rotatable bonds is 3. The lowest BCUT2D eigenvalue weighted by Gasteiger charge is -2.28. The fourth-order valence-corrected chi connectivity index (χ4v) is 2.29. The molecule has 1 fully saturated rings. The van der Waals surface area contributed by atoms with E-state index in [1.165, 1.54) is 0 Å². The largest absolute Gasteiger partial charge is 0.376 e. The molecule has 0 aliphatic carbocycles. The smallest absolute Gasteiger partial charge is 0.319 e. The van der Waals surface area contributed by atoms with Gasteiger partial charge in [0.05, 0.1) is 11.6 Å². The normalized spacial score (nSPS) is 25.4. The summed E-state index contributed by atoms with van der Waals surface area (Å²) in [6.45, 7) is 6.95. The Morgan fingerprint density at radius 3 is 2.95 bits per heavy atom. The van der Waals surface area contributed by atoms with Crippen molar-refractivity contribution in [2.24, 2.45) is 0 Å². The summed E-state index contributed by atoms with van der Waals surface area (Å²) in [4.78, 5) is 24.1. The molecule has 2 unspecified atom stereocenters. The Balaban J connectivity index is 2.07. The molecule has 2 atom stereocenters. The molecular formula is C14H21N3O3. The molecule has 1 aromatic rings. The number of urea groups is 1. The van der Waals surface area contributed by atoms with Crippen molar-refractivity contribution in [3.63, 3.8) is 0 Å². The average molecular weight is 279 g/mol. The monoisotopic (exact) mass is 279 g/mol. The topological polar surface area (TPSA) is 72.4 Å². The Hall–Kier alpha value is -1.82. The summed E-state index contributed by atoms with van der Waals surface area (Å²) in [5, 5.41) is 5.51. The average Bonchev–Trinajstić information content (AvgIpc) is 2.71. The van der Waals surface area contributed by atoms with Crippen LogP contribution >= 0.6 is 0 Å². The van der Waals surface area contributed by atoms with Crippen LogP contribution in [0, 0.1) is 0 Å². The highest BCUT2D eigenvalue weighted by Gasteiger charge is 2.38. The zero-order valence-electron chi connectivity index (χ0n) is 12.1. The second-order valence-electron chi connectivity index (χ2n) is 5.27. The summed E-state index contributed by atoms with van der Waals surface area (Å²) < 4.78 is 7.01. The van der Waals surface area contributed by atoms with Gasteiger partial charge >= 0.3 is 6.03 Å². The van der Waals surface area contributed by atoms with E-state index >= 15 is 0 Å². The van der Waals surface area contributed by atoms with Crippen molar-refractivity contribution in [3.05, 3.63) is 28.7 Å². The minimum absolute atomic E-state index is 0.0451. The minimum atomic E-state index is -0.400. The van der Waals surface area contributed by atoms with Crippen LogP contribution in [0.25, 0.3) is 0 Å². The van der Waals surface area contributed by atoms with E-state index in [1.807, 2.05) is 20.8 Å². The molecule has 2 heterocycles. The first-order chi connectivity index (χ1) is 9.46. The van der Waals surface area contributed by atoms with Crippen molar-refractivity contribution < 1.29 is 9.53 Å². The highest BCUT2D eigenvalue weighted by atomic mass is 16.5. The second kappa shape index (κ2) is 5.66. The van der Waals surface area contributed by atoms with Crippen LogP contribution in [-0.4, -0.2) is 28.8 Å². The first-order valence-electron chi connectivity index (χ1n) is 6.86. The summed E-state index contributed by atoms with van der Waals surface area (Å²) in [6.07, 6.45) is 2.41. The van der Waals surface area contributed by atoms with E-state index in [4.69, 9.17) is 4.74 Å². The first kappa shape index (κ1) is 14.6. The predicted octanol–water partition coefficient (Wildman–Crippen LogP) is 1.56. The zero-order valence-corrected chi connectivity index (χ0v) is 12.1. The number of carbonyl (C=O) groups excluding carboxylic acids is 1. The molecule has 1 aromatic heterocycles. The molecule has 0 saturated carbocycles. The van der Waals surface area contributed by atoms with Crippen molar-refractivity contribution in [3.8, 4) is 0 Å². The molecule has 0 aromatic carbocycles. The molecular weight excluding hydrogens is 258 g/mol. The second-order valence-corrected chi connectivity index (χ2v) is 5.27. The fraction of sp³-hybridized carbons (Fsp3) is 0.571. The summed E-state index contributed by atoms with van der Waals surface area (Å²) in [7, 11) is 0. The third-order valence-corrected chi connectivity index (χ3v) is 3.89. The van der Waals surface area contributed by atoms with Gasteiger partial charge in [-0.15, -0.1) is 0 Å². The number of aryl methyl sites for hydroxylation is 1. The van der Waals surface area contributed by atoms with Gasteiger partial charge in [-0.05, 0) is 39.3 Å². The lowest BCUT2D eigenvalue weighted by molar-refractivity contribution is 0.0920. The van der Waals surface area contributed by atoms with Crippen molar-refractivity contribution in [1.82, 2.24) is 9.88 Å². The molecule has 2 rings (SSSR count). The molecule has 0 spiro atoms. The van der Waals surface area contributed by atoms with Crippen LogP contribution in [0.15, 0.2) is 23.1 Å². The van der Waals surface area contributed by atoms with Gasteiger partial charge in [0, 0.05) is 19.3 Å². The van der Waals surface area contributed by atoms with Crippen molar-refractivity contribution >= 4 is 11.7 Å². The summed E-state index contributed by atoms with van der Waals surface area (Å²) in [5.74, 6) is 0. The maximum absolute atomic E-state index is 12.0. The van der Waals surface area contributed by atoms with Crippen LogP contribution in [0.5, 0.6) is 0 Å². The van der Waals surface area contributed by atoms with Crippen molar-refractivity contribution in [2.45, 2.75) is 45.4 Å². The molecule has 6 nitrogen and oxygen atoms in total. The number of ether oxygens (including phenoxy) is 1. The highest BCUT2D eigenvalue weighted by molar-refractivity contribution is 5.89. The number of aromatic nitrogens is 1. The number of amides is 2. The van der Waals surface area contributed by atoms with Crippen LogP contribution in [-0.2, 0) is 11.3 Å². The molecule has 0 bridgehead atoms. The summed E-state index contributed by atoms with van der Waals surface area (Å²) in [5.41, 5.74) is -0.323. The highest BCUT2D eigenvalue weighted by Crippen LogP contribution is 2.24. The van der Waals surface area contributed by atoms with Gasteiger partial charge in [-0.3, -0.25) is 4.79 Å². The van der Waals surface area contributed by atoms with Gasteiger partial charge < -0.3 is 19.9 Å². The van der Waals surface area contributed by atoms with Gasteiger partial charge in [-0.1, -0.05) is 0 Å². The van der Waals surface area contributed by atoms with Gasteiger partial charge in [0.25, 0.3) is 5.56 Å². The Bertz CT molecular complexity index is 555. The Morgan fingerprint density at radius 2 is 2.35 bits per heavy atom. The lowest BCUT2D eigenvalue weighted by Crippen LogP contribution is -2.52. The van der Waals surface area contributed by atoms with Crippen LogP contribution < -0.4 is 16.2 Å². The molecule has 0 radical (unpaired) electrons. The van der Waals surface area contributed by atoms with Crippen LogP contribution in [0.4, 0.5) is 10.5 Å². The molecule has 2 N–H and O–H groups in total. The molecule has 2 amide bonds. The standard InChI is InChI=1S/C14H21N3O3/c1-4-17-8-5-6-11(12(17)18)15-13(19)16-14(3)7-9-20-10(14)2/h5-6,8,10H,4,7,9H2,1-3H3,(H2,15,16,19). The molecule has 1 aliphatic heterocycles. The zero-order chi connectivity index (χ0) is 14.8. The van der Waals surface area contributed by atoms with E-state index in [2.05, 4.69) is 10.6 Å². The summed E-state index contributed by atoms with van der Waals surface area (Å²) in [6, 6.07) is 2.96. The van der Waals surface area contributed by atoms with Gasteiger partial charge in [0.1, 0.15) is 5.69 Å². The number of anilines is 1. The van der Waals surface area contributed by atoms with E-state index in [1.54, 1.807) is 22.9 Å². The molecule has 110 valence electrons. The molecule has 6 heteroatoms. The number of pyridine rings is 1.